The fourth-order valence-corrected chi connectivity index (χ4v) is 2.74. The summed E-state index contributed by atoms with van der Waals surface area (Å²) >= 11 is 0. The highest BCUT2D eigenvalue weighted by Crippen LogP contribution is 2.35. The number of hydrogen-bond acceptors (Lipinski definition) is 5. The smallest absolute Gasteiger partial charge is 0.321 e. The van der Waals surface area contributed by atoms with Crippen molar-refractivity contribution in [2.75, 3.05) is 14.2 Å². The number of carbonyl (C=O) groups is 1. The van der Waals surface area contributed by atoms with Crippen molar-refractivity contribution in [1.29, 1.82) is 0 Å². The van der Waals surface area contributed by atoms with Crippen LogP contribution in [0.4, 0.5) is 0 Å². The third-order valence-corrected chi connectivity index (χ3v) is 3.85. The Labute approximate surface area is 127 Å². The van der Waals surface area contributed by atoms with Crippen LogP contribution in [0.3, 0.4) is 0 Å². The molecule has 7 nitrogen and oxygen atoms in total. The van der Waals surface area contributed by atoms with Gasteiger partial charge in [-0.1, -0.05) is 0 Å². The maximum absolute atomic E-state index is 11.4. The summed E-state index contributed by atoms with van der Waals surface area (Å²) in [6.07, 6.45) is 1.96. The summed E-state index contributed by atoms with van der Waals surface area (Å²) in [6.45, 7) is 0. The molecule has 1 aliphatic heterocycles. The summed E-state index contributed by atoms with van der Waals surface area (Å²) in [4.78, 5) is 18.7. The van der Waals surface area contributed by atoms with Gasteiger partial charge >= 0.3 is 5.97 Å². The minimum absolute atomic E-state index is 0.350. The van der Waals surface area contributed by atoms with E-state index in [9.17, 15) is 9.90 Å². The lowest BCUT2D eigenvalue weighted by Gasteiger charge is -2.29. The summed E-state index contributed by atoms with van der Waals surface area (Å²) in [5.41, 5.74) is 2.44. The minimum Gasteiger partial charge on any atom is -0.497 e. The van der Waals surface area contributed by atoms with Gasteiger partial charge in [-0.3, -0.25) is 10.1 Å². The van der Waals surface area contributed by atoms with E-state index >= 15 is 0 Å². The largest absolute Gasteiger partial charge is 0.497 e. The maximum atomic E-state index is 11.4. The van der Waals surface area contributed by atoms with Gasteiger partial charge in [0.25, 0.3) is 0 Å². The van der Waals surface area contributed by atoms with E-state index in [1.807, 2.05) is 12.1 Å². The number of hydrogen-bond donors (Lipinski definition) is 3. The minimum atomic E-state index is -0.891. The van der Waals surface area contributed by atoms with E-state index in [0.717, 1.165) is 17.0 Å². The monoisotopic (exact) mass is 303 g/mol. The number of imidazole rings is 1. The first kappa shape index (κ1) is 14.4. The zero-order chi connectivity index (χ0) is 15.7. The number of aromatic amines is 1. The van der Waals surface area contributed by atoms with Gasteiger partial charge in [-0.15, -0.1) is 0 Å². The summed E-state index contributed by atoms with van der Waals surface area (Å²) < 4.78 is 10.6. The first-order valence-corrected chi connectivity index (χ1v) is 6.87. The topological polar surface area (TPSA) is 96.5 Å². The molecule has 7 heteroatoms. The Morgan fingerprint density at radius 1 is 1.36 bits per heavy atom. The maximum Gasteiger partial charge on any atom is 0.321 e. The van der Waals surface area contributed by atoms with Crippen molar-refractivity contribution in [2.45, 2.75) is 18.5 Å². The Hall–Kier alpha value is -2.54. The second-order valence-electron chi connectivity index (χ2n) is 5.07. The van der Waals surface area contributed by atoms with Gasteiger partial charge in [0.1, 0.15) is 17.5 Å². The number of aromatic nitrogens is 2. The predicted molar refractivity (Wildman–Crippen MR) is 78.2 cm³/mol. The molecule has 116 valence electrons. The van der Waals surface area contributed by atoms with Crippen LogP contribution in [0, 0.1) is 0 Å². The second-order valence-corrected chi connectivity index (χ2v) is 5.07. The van der Waals surface area contributed by atoms with Gasteiger partial charge in [-0.05, 0) is 12.1 Å². The summed E-state index contributed by atoms with van der Waals surface area (Å²) in [7, 11) is 3.15. The van der Waals surface area contributed by atoms with Crippen molar-refractivity contribution in [3.05, 3.63) is 41.5 Å². The SMILES string of the molecule is COc1ccc([C@H]2N[C@@H](C(=O)O)Cc3[nH]cnc32)c(OC)c1. The molecule has 0 radical (unpaired) electrons. The van der Waals surface area contributed by atoms with Gasteiger partial charge in [0.05, 0.1) is 32.3 Å². The van der Waals surface area contributed by atoms with Crippen molar-refractivity contribution in [2.24, 2.45) is 0 Å². The average Bonchev–Trinajstić information content (AvgIpc) is 3.01. The van der Waals surface area contributed by atoms with Crippen LogP contribution in [-0.4, -0.2) is 41.3 Å². The van der Waals surface area contributed by atoms with Gasteiger partial charge in [-0.25, -0.2) is 4.98 Å². The van der Waals surface area contributed by atoms with Crippen LogP contribution >= 0.6 is 0 Å². The van der Waals surface area contributed by atoms with Gasteiger partial charge in [0, 0.05) is 23.7 Å². The van der Waals surface area contributed by atoms with Crippen molar-refractivity contribution in [3.63, 3.8) is 0 Å². The molecule has 0 fully saturated rings. The highest BCUT2D eigenvalue weighted by atomic mass is 16.5. The number of aliphatic carboxylic acids is 1. The number of nitrogens with zero attached hydrogens (tertiary/aromatic N) is 1. The number of fused-ring (bicyclic) bond motifs is 1. The van der Waals surface area contributed by atoms with Gasteiger partial charge in [0.2, 0.25) is 0 Å². The van der Waals surface area contributed by atoms with Gasteiger partial charge in [-0.2, -0.15) is 0 Å². The van der Waals surface area contributed by atoms with E-state index in [1.165, 1.54) is 0 Å². The number of nitrogens with one attached hydrogen (secondary N) is 2. The first-order chi connectivity index (χ1) is 10.6. The highest BCUT2D eigenvalue weighted by molar-refractivity contribution is 5.74. The van der Waals surface area contributed by atoms with Crippen LogP contribution in [-0.2, 0) is 11.2 Å². The summed E-state index contributed by atoms with van der Waals surface area (Å²) in [5, 5.41) is 12.4. The Kier molecular flexibility index (Phi) is 3.72. The second kappa shape index (κ2) is 5.69. The highest BCUT2D eigenvalue weighted by Gasteiger charge is 2.34. The van der Waals surface area contributed by atoms with Crippen molar-refractivity contribution >= 4 is 5.97 Å². The Morgan fingerprint density at radius 2 is 2.18 bits per heavy atom. The van der Waals surface area contributed by atoms with Crippen LogP contribution in [0.25, 0.3) is 0 Å². The van der Waals surface area contributed by atoms with Crippen LogP contribution in [0.1, 0.15) is 23.0 Å². The molecule has 2 aromatic rings. The van der Waals surface area contributed by atoms with Crippen LogP contribution < -0.4 is 14.8 Å². The standard InChI is InChI=1S/C15H17N3O4/c1-21-8-3-4-9(12(5-8)22-2)13-14-10(16-7-17-14)6-11(18-13)15(19)20/h3-5,7,11,13,18H,6H2,1-2H3,(H,16,17)(H,19,20)/t11-,13-/m1/s1. The molecule has 1 aromatic carbocycles. The molecule has 2 atom stereocenters. The summed E-state index contributed by atoms with van der Waals surface area (Å²) in [6, 6.07) is 4.42. The molecule has 0 aliphatic carbocycles. The fourth-order valence-electron chi connectivity index (χ4n) is 2.74. The van der Waals surface area contributed by atoms with Gasteiger partial charge < -0.3 is 19.6 Å². The molecule has 0 saturated heterocycles. The van der Waals surface area contributed by atoms with Crippen LogP contribution in [0.2, 0.25) is 0 Å². The molecule has 0 unspecified atom stereocenters. The van der Waals surface area contributed by atoms with Crippen LogP contribution in [0.15, 0.2) is 24.5 Å². The van der Waals surface area contributed by atoms with Crippen molar-refractivity contribution in [3.8, 4) is 11.5 Å². The number of ether oxygens (including phenoxy) is 2. The molecule has 0 spiro atoms. The van der Waals surface area contributed by atoms with E-state index in [-0.39, 0.29) is 6.04 Å². The number of carboxylic acids is 1. The normalized spacial score (nSPS) is 20.3. The lowest BCUT2D eigenvalue weighted by molar-refractivity contribution is -0.139. The molecule has 0 amide bonds. The first-order valence-electron chi connectivity index (χ1n) is 6.87. The van der Waals surface area contributed by atoms with Crippen molar-refractivity contribution in [1.82, 2.24) is 15.3 Å². The molecule has 3 N–H and O–H groups in total. The molecule has 1 aliphatic rings. The van der Waals surface area contributed by atoms with Crippen LogP contribution in [0.5, 0.6) is 11.5 Å². The predicted octanol–water partition coefficient (Wildman–Crippen LogP) is 1.12. The third kappa shape index (κ3) is 2.39. The molecule has 2 heterocycles. The molecule has 1 aromatic heterocycles. The van der Waals surface area contributed by atoms with Crippen molar-refractivity contribution < 1.29 is 19.4 Å². The molecule has 0 bridgehead atoms. The van der Waals surface area contributed by atoms with Gasteiger partial charge in [0.15, 0.2) is 0 Å². The van der Waals surface area contributed by atoms with E-state index in [4.69, 9.17) is 9.47 Å². The molecular weight excluding hydrogens is 286 g/mol. The molecule has 0 saturated carbocycles. The number of benzene rings is 1. The zero-order valence-electron chi connectivity index (χ0n) is 12.3. The van der Waals surface area contributed by atoms with E-state index in [0.29, 0.717) is 17.9 Å². The molecular formula is C15H17N3O4. The number of H-pyrrole nitrogens is 1. The fraction of sp³-hybridized carbons (Fsp3) is 0.333. The van der Waals surface area contributed by atoms with E-state index in [2.05, 4.69) is 15.3 Å². The average molecular weight is 303 g/mol. The van der Waals surface area contributed by atoms with E-state index in [1.54, 1.807) is 26.6 Å². The Morgan fingerprint density at radius 3 is 2.86 bits per heavy atom. The quantitative estimate of drug-likeness (QED) is 0.783. The zero-order valence-corrected chi connectivity index (χ0v) is 12.3. The molecule has 3 rings (SSSR count). The third-order valence-electron chi connectivity index (χ3n) is 3.85. The Bertz CT molecular complexity index is 698. The number of carboxylic acid groups (broad SMARTS) is 1. The lowest BCUT2D eigenvalue weighted by atomic mass is 9.93. The summed E-state index contributed by atoms with van der Waals surface area (Å²) in [5.74, 6) is 0.406. The Balaban J connectivity index is 2.05. The van der Waals surface area contributed by atoms with E-state index < -0.39 is 12.0 Å². The lowest BCUT2D eigenvalue weighted by Crippen LogP contribution is -2.45. The number of rotatable bonds is 4. The number of methoxy groups -OCH3 is 2. The molecule has 22 heavy (non-hydrogen) atoms.